The highest BCUT2D eigenvalue weighted by atomic mass is 16.5. The number of hydrogen-bond donors (Lipinski definition) is 0. The highest BCUT2D eigenvalue weighted by Crippen LogP contribution is 2.37. The molecule has 0 aromatic carbocycles. The van der Waals surface area contributed by atoms with Gasteiger partial charge in [-0.3, -0.25) is 9.59 Å². The van der Waals surface area contributed by atoms with Crippen LogP contribution in [0.25, 0.3) is 0 Å². The van der Waals surface area contributed by atoms with Crippen LogP contribution in [0.15, 0.2) is 37.5 Å². The van der Waals surface area contributed by atoms with E-state index in [1.54, 1.807) is 6.08 Å². The van der Waals surface area contributed by atoms with E-state index in [0.717, 1.165) is 44.9 Å². The quantitative estimate of drug-likeness (QED) is 0.299. The lowest BCUT2D eigenvalue weighted by molar-refractivity contribution is -0.193. The fourth-order valence-corrected chi connectivity index (χ4v) is 3.52. The van der Waals surface area contributed by atoms with Gasteiger partial charge in [-0.2, -0.15) is 19.2 Å². The summed E-state index contributed by atoms with van der Waals surface area (Å²) in [7, 11) is 0. The summed E-state index contributed by atoms with van der Waals surface area (Å²) >= 11 is 0. The highest BCUT2D eigenvalue weighted by Gasteiger charge is 2.37. The molecule has 0 aromatic heterocycles. The average Bonchev–Trinajstić information content (AvgIpc) is 2.84. The SMILES string of the molecule is C=CCCC(CC)(CC=C)C(=O)OCC.CCOC(=O)C1(CC)CC=CCC1.O=C=O.O=C=O. The van der Waals surface area contributed by atoms with E-state index in [2.05, 4.69) is 32.2 Å². The molecule has 192 valence electrons. The second-order valence-electron chi connectivity index (χ2n) is 7.41. The van der Waals surface area contributed by atoms with Crippen LogP contribution in [-0.2, 0) is 38.2 Å². The van der Waals surface area contributed by atoms with Crippen molar-refractivity contribution < 1.29 is 38.2 Å². The molecule has 8 heteroatoms. The molecule has 34 heavy (non-hydrogen) atoms. The van der Waals surface area contributed by atoms with Gasteiger partial charge in [0.05, 0.1) is 24.0 Å². The van der Waals surface area contributed by atoms with Crippen molar-refractivity contribution in [2.45, 2.75) is 79.1 Å². The van der Waals surface area contributed by atoms with Gasteiger partial charge >= 0.3 is 24.2 Å². The molecule has 1 rings (SSSR count). The van der Waals surface area contributed by atoms with Crippen molar-refractivity contribution >= 4 is 24.2 Å². The summed E-state index contributed by atoms with van der Waals surface area (Å²) in [6, 6.07) is 0. The minimum absolute atomic E-state index is 0.0122. The summed E-state index contributed by atoms with van der Waals surface area (Å²) < 4.78 is 10.2. The third kappa shape index (κ3) is 14.1. The second-order valence-corrected chi connectivity index (χ2v) is 7.41. The summed E-state index contributed by atoms with van der Waals surface area (Å²) in [5.41, 5.74) is -0.614. The number of ether oxygens (including phenoxy) is 2. The highest BCUT2D eigenvalue weighted by molar-refractivity contribution is 5.77. The van der Waals surface area contributed by atoms with Crippen molar-refractivity contribution in [1.29, 1.82) is 0 Å². The fourth-order valence-electron chi connectivity index (χ4n) is 3.52. The van der Waals surface area contributed by atoms with E-state index in [-0.39, 0.29) is 29.7 Å². The molecule has 1 aliphatic rings. The van der Waals surface area contributed by atoms with Crippen molar-refractivity contribution in [2.24, 2.45) is 10.8 Å². The predicted octanol–water partition coefficient (Wildman–Crippen LogP) is 5.01. The van der Waals surface area contributed by atoms with E-state index in [9.17, 15) is 9.59 Å². The zero-order valence-electron chi connectivity index (χ0n) is 21.1. The van der Waals surface area contributed by atoms with Gasteiger partial charge in [0.15, 0.2) is 0 Å². The van der Waals surface area contributed by atoms with Crippen LogP contribution < -0.4 is 0 Å². The largest absolute Gasteiger partial charge is 0.466 e. The van der Waals surface area contributed by atoms with Crippen molar-refractivity contribution in [3.05, 3.63) is 37.5 Å². The molecular formula is C26H40O8. The average molecular weight is 481 g/mol. The lowest BCUT2D eigenvalue weighted by Crippen LogP contribution is -2.33. The van der Waals surface area contributed by atoms with Gasteiger partial charge in [0, 0.05) is 0 Å². The number of carbonyl (C=O) groups excluding carboxylic acids is 6. The first-order valence-corrected chi connectivity index (χ1v) is 11.4. The Morgan fingerprint density at radius 3 is 1.88 bits per heavy atom. The van der Waals surface area contributed by atoms with Crippen molar-refractivity contribution in [2.75, 3.05) is 13.2 Å². The zero-order chi connectivity index (χ0) is 26.9. The van der Waals surface area contributed by atoms with E-state index in [4.69, 9.17) is 28.7 Å². The minimum atomic E-state index is -0.397. The molecule has 8 nitrogen and oxygen atoms in total. The van der Waals surface area contributed by atoms with Crippen LogP contribution in [0.3, 0.4) is 0 Å². The number of allylic oxidation sites excluding steroid dienone is 4. The molecule has 0 bridgehead atoms. The van der Waals surface area contributed by atoms with E-state index >= 15 is 0 Å². The van der Waals surface area contributed by atoms with Crippen LogP contribution in [0.4, 0.5) is 0 Å². The normalized spacial score (nSPS) is 17.1. The van der Waals surface area contributed by atoms with Crippen molar-refractivity contribution in [3.63, 3.8) is 0 Å². The molecule has 0 saturated heterocycles. The summed E-state index contributed by atoms with van der Waals surface area (Å²) in [6.45, 7) is 16.1. The number of hydrogen-bond acceptors (Lipinski definition) is 8. The summed E-state index contributed by atoms with van der Waals surface area (Å²) in [5, 5.41) is 0. The number of rotatable bonds is 11. The number of carbonyl (C=O) groups is 2. The molecule has 0 aliphatic heterocycles. The van der Waals surface area contributed by atoms with Crippen LogP contribution in [-0.4, -0.2) is 37.5 Å². The van der Waals surface area contributed by atoms with Crippen LogP contribution in [0, 0.1) is 10.8 Å². The maximum absolute atomic E-state index is 11.9. The Kier molecular flexibility index (Phi) is 24.1. The van der Waals surface area contributed by atoms with E-state index in [1.165, 1.54) is 0 Å². The first-order valence-electron chi connectivity index (χ1n) is 11.4. The third-order valence-corrected chi connectivity index (χ3v) is 5.60. The molecule has 2 unspecified atom stereocenters. The van der Waals surface area contributed by atoms with Gasteiger partial charge in [-0.15, -0.1) is 13.2 Å². The zero-order valence-corrected chi connectivity index (χ0v) is 21.1. The van der Waals surface area contributed by atoms with E-state index < -0.39 is 5.41 Å². The second kappa shape index (κ2) is 23.1. The van der Waals surface area contributed by atoms with Crippen LogP contribution >= 0.6 is 0 Å². The number of esters is 2. The first kappa shape index (κ1) is 35.5. The maximum atomic E-state index is 11.9. The van der Waals surface area contributed by atoms with Gasteiger partial charge in [-0.1, -0.05) is 38.2 Å². The molecule has 2 atom stereocenters. The Balaban J connectivity index is -0.000000460. The standard InChI is InChI=1S/C13H22O2.C11H18O2.2CO2/c1-5-9-11-13(7-3,10-6-2)12(14)15-8-4;1-3-11(10(12)13-4-2)8-6-5-7-9-11;2*2-1-3/h5-6H,1-2,7-11H2,3-4H3;5-6H,3-4,7-9H2,1-2H3;;. The van der Waals surface area contributed by atoms with Crippen LogP contribution in [0.2, 0.25) is 0 Å². The fraction of sp³-hybridized carbons (Fsp3) is 0.615. The van der Waals surface area contributed by atoms with Gasteiger partial charge in [-0.25, -0.2) is 0 Å². The molecule has 1 aliphatic carbocycles. The minimum Gasteiger partial charge on any atom is -0.466 e. The Hall–Kier alpha value is -3.08. The van der Waals surface area contributed by atoms with Crippen molar-refractivity contribution in [3.8, 4) is 0 Å². The van der Waals surface area contributed by atoms with Gasteiger partial charge in [0.25, 0.3) is 0 Å². The summed E-state index contributed by atoms with van der Waals surface area (Å²) in [5.74, 6) is -0.115. The van der Waals surface area contributed by atoms with Gasteiger partial charge < -0.3 is 9.47 Å². The van der Waals surface area contributed by atoms with Crippen LogP contribution in [0.5, 0.6) is 0 Å². The molecule has 0 heterocycles. The summed E-state index contributed by atoms with van der Waals surface area (Å²) in [6.07, 6.45) is 15.2. The smallest absolute Gasteiger partial charge is 0.373 e. The third-order valence-electron chi connectivity index (χ3n) is 5.60. The van der Waals surface area contributed by atoms with Gasteiger partial charge in [0.1, 0.15) is 0 Å². The predicted molar refractivity (Wildman–Crippen MR) is 126 cm³/mol. The molecule has 0 amide bonds. The molecule has 0 radical (unpaired) electrons. The van der Waals surface area contributed by atoms with E-state index in [1.807, 2.05) is 26.8 Å². The molecule has 0 aromatic rings. The molecule has 0 saturated carbocycles. The lowest BCUT2D eigenvalue weighted by atomic mass is 9.75. The lowest BCUT2D eigenvalue weighted by Gasteiger charge is -2.31. The van der Waals surface area contributed by atoms with Crippen LogP contribution in [0.1, 0.15) is 79.1 Å². The van der Waals surface area contributed by atoms with E-state index in [0.29, 0.717) is 19.6 Å². The Bertz CT molecular complexity index is 673. The monoisotopic (exact) mass is 480 g/mol. The molecule has 0 fully saturated rings. The Morgan fingerprint density at radius 2 is 1.53 bits per heavy atom. The Labute approximate surface area is 203 Å². The molecule has 0 N–H and O–H groups in total. The van der Waals surface area contributed by atoms with Gasteiger partial charge in [0.2, 0.25) is 0 Å². The van der Waals surface area contributed by atoms with Gasteiger partial charge in [-0.05, 0) is 65.2 Å². The molecule has 0 spiro atoms. The Morgan fingerprint density at radius 1 is 0.971 bits per heavy atom. The summed E-state index contributed by atoms with van der Waals surface area (Å²) in [4.78, 5) is 56.1. The topological polar surface area (TPSA) is 121 Å². The molecular weight excluding hydrogens is 440 g/mol. The van der Waals surface area contributed by atoms with Crippen molar-refractivity contribution in [1.82, 2.24) is 0 Å². The maximum Gasteiger partial charge on any atom is 0.373 e. The first-order chi connectivity index (χ1) is 16.2.